The highest BCUT2D eigenvalue weighted by molar-refractivity contribution is 5.77. The van der Waals surface area contributed by atoms with E-state index in [-0.39, 0.29) is 0 Å². The van der Waals surface area contributed by atoms with Crippen molar-refractivity contribution in [3.05, 3.63) is 90.6 Å². The van der Waals surface area contributed by atoms with E-state index in [0.29, 0.717) is 0 Å². The van der Waals surface area contributed by atoms with Crippen LogP contribution in [-0.2, 0) is 6.54 Å². The van der Waals surface area contributed by atoms with E-state index < -0.39 is 0 Å². The van der Waals surface area contributed by atoms with Gasteiger partial charge in [0.1, 0.15) is 0 Å². The lowest BCUT2D eigenvalue weighted by Gasteiger charge is -2.03. The molecule has 0 saturated heterocycles. The van der Waals surface area contributed by atoms with Crippen molar-refractivity contribution < 1.29 is 4.57 Å². The summed E-state index contributed by atoms with van der Waals surface area (Å²) in [6.07, 6.45) is 6.24. The molecule has 102 valence electrons. The van der Waals surface area contributed by atoms with Gasteiger partial charge in [-0.1, -0.05) is 49.0 Å². The van der Waals surface area contributed by atoms with E-state index in [0.717, 1.165) is 6.54 Å². The maximum Gasteiger partial charge on any atom is 0.213 e. The summed E-state index contributed by atoms with van der Waals surface area (Å²) in [4.78, 5) is 0. The highest BCUT2D eigenvalue weighted by Crippen LogP contribution is 2.12. The van der Waals surface area contributed by atoms with Gasteiger partial charge in [0, 0.05) is 23.6 Å². The molecule has 21 heavy (non-hydrogen) atoms. The van der Waals surface area contributed by atoms with Crippen molar-refractivity contribution in [1.82, 2.24) is 0 Å². The fourth-order valence-electron chi connectivity index (χ4n) is 2.50. The summed E-state index contributed by atoms with van der Waals surface area (Å²) in [6, 6.07) is 23.1. The fraction of sp³-hybridized carbons (Fsp3) is 0.0500. The second kappa shape index (κ2) is 6.19. The van der Waals surface area contributed by atoms with E-state index in [1.165, 1.54) is 22.2 Å². The van der Waals surface area contributed by atoms with Crippen LogP contribution in [0.5, 0.6) is 0 Å². The molecule has 1 heteroatoms. The van der Waals surface area contributed by atoms with Crippen molar-refractivity contribution >= 4 is 23.1 Å². The van der Waals surface area contributed by atoms with Crippen LogP contribution >= 0.6 is 0 Å². The van der Waals surface area contributed by atoms with E-state index >= 15 is 0 Å². The molecule has 3 aromatic rings. The number of nitrogens with zero attached hydrogens (tertiary/aromatic N) is 1. The summed E-state index contributed by atoms with van der Waals surface area (Å²) in [5, 5.41) is 1.25. The molecule has 3 rings (SSSR count). The van der Waals surface area contributed by atoms with Gasteiger partial charge in [-0.2, -0.15) is 4.57 Å². The van der Waals surface area contributed by atoms with E-state index in [2.05, 4.69) is 84.0 Å². The Labute approximate surface area is 125 Å². The zero-order chi connectivity index (χ0) is 14.5. The third-order valence-electron chi connectivity index (χ3n) is 3.53. The van der Waals surface area contributed by atoms with Gasteiger partial charge in [-0.25, -0.2) is 0 Å². The van der Waals surface area contributed by atoms with Crippen LogP contribution in [0.4, 0.5) is 0 Å². The Bertz CT molecular complexity index is 785. The predicted molar refractivity (Wildman–Crippen MR) is 89.7 cm³/mol. The minimum absolute atomic E-state index is 0.801. The van der Waals surface area contributed by atoms with Gasteiger partial charge in [0.2, 0.25) is 11.2 Å². The number of fused-ring (bicyclic) bond motifs is 1. The van der Waals surface area contributed by atoms with Crippen molar-refractivity contribution in [2.24, 2.45) is 0 Å². The van der Waals surface area contributed by atoms with Crippen LogP contribution in [0.1, 0.15) is 11.3 Å². The Morgan fingerprint density at radius 2 is 1.57 bits per heavy atom. The first-order valence-electron chi connectivity index (χ1n) is 7.14. The van der Waals surface area contributed by atoms with Crippen molar-refractivity contribution in [3.63, 3.8) is 0 Å². The summed E-state index contributed by atoms with van der Waals surface area (Å²) in [7, 11) is 0. The molecule has 0 bridgehead atoms. The molecule has 0 aliphatic rings. The molecule has 1 nitrogen and oxygen atoms in total. The molecule has 0 aliphatic heterocycles. The zero-order valence-electron chi connectivity index (χ0n) is 11.9. The molecule has 0 N–H and O–H groups in total. The Hall–Kier alpha value is -2.67. The molecular weight excluding hydrogens is 254 g/mol. The molecule has 0 spiro atoms. The van der Waals surface area contributed by atoms with Crippen LogP contribution in [0.15, 0.2) is 79.4 Å². The van der Waals surface area contributed by atoms with Crippen molar-refractivity contribution in [3.8, 4) is 0 Å². The van der Waals surface area contributed by atoms with E-state index in [1.807, 2.05) is 12.1 Å². The van der Waals surface area contributed by atoms with Crippen LogP contribution in [0.25, 0.3) is 23.1 Å². The number of hydrogen-bond acceptors (Lipinski definition) is 0. The standard InChI is InChI=1S/C20H18N/c1-2-16-21-19(14-12-17-8-4-3-5-9-17)15-13-18-10-6-7-11-20(18)21/h2-15H,1,16H2/q+1. The Morgan fingerprint density at radius 1 is 0.810 bits per heavy atom. The van der Waals surface area contributed by atoms with E-state index in [1.54, 1.807) is 0 Å². The minimum Gasteiger partial charge on any atom is -0.188 e. The number of benzene rings is 2. The SMILES string of the molecule is C=CC[n+]1c(C=Cc2ccccc2)ccc2ccccc21. The molecule has 0 saturated carbocycles. The van der Waals surface area contributed by atoms with Crippen LogP contribution in [0.3, 0.4) is 0 Å². The number of hydrogen-bond donors (Lipinski definition) is 0. The maximum absolute atomic E-state index is 3.88. The molecule has 0 radical (unpaired) electrons. The first-order chi connectivity index (χ1) is 10.4. The van der Waals surface area contributed by atoms with Crippen LogP contribution in [-0.4, -0.2) is 0 Å². The lowest BCUT2D eigenvalue weighted by molar-refractivity contribution is -0.662. The second-order valence-electron chi connectivity index (χ2n) is 4.96. The monoisotopic (exact) mass is 272 g/mol. The normalized spacial score (nSPS) is 11.0. The number of para-hydroxylation sites is 1. The van der Waals surface area contributed by atoms with Crippen molar-refractivity contribution in [1.29, 1.82) is 0 Å². The zero-order valence-corrected chi connectivity index (χ0v) is 11.9. The van der Waals surface area contributed by atoms with Crippen molar-refractivity contribution in [2.75, 3.05) is 0 Å². The van der Waals surface area contributed by atoms with Gasteiger partial charge < -0.3 is 0 Å². The number of rotatable bonds is 4. The second-order valence-corrected chi connectivity index (χ2v) is 4.96. The highest BCUT2D eigenvalue weighted by Gasteiger charge is 2.11. The summed E-state index contributed by atoms with van der Waals surface area (Å²) in [6.45, 7) is 4.68. The lowest BCUT2D eigenvalue weighted by atomic mass is 10.1. The molecule has 0 unspecified atom stereocenters. The maximum atomic E-state index is 3.88. The third-order valence-corrected chi connectivity index (χ3v) is 3.53. The third kappa shape index (κ3) is 2.92. The molecule has 0 amide bonds. The fourth-order valence-corrected chi connectivity index (χ4v) is 2.50. The number of pyridine rings is 1. The van der Waals surface area contributed by atoms with Gasteiger partial charge in [-0.15, -0.1) is 0 Å². The summed E-state index contributed by atoms with van der Waals surface area (Å²) < 4.78 is 2.28. The number of allylic oxidation sites excluding steroid dienone is 1. The Balaban J connectivity index is 2.07. The quantitative estimate of drug-likeness (QED) is 0.487. The molecule has 2 aromatic carbocycles. The molecule has 0 aliphatic carbocycles. The van der Waals surface area contributed by atoms with Crippen LogP contribution in [0, 0.1) is 0 Å². The molecule has 1 heterocycles. The average Bonchev–Trinajstić information content (AvgIpc) is 2.55. The highest BCUT2D eigenvalue weighted by atomic mass is 15.0. The topological polar surface area (TPSA) is 3.88 Å². The van der Waals surface area contributed by atoms with E-state index in [9.17, 15) is 0 Å². The number of aromatic nitrogens is 1. The van der Waals surface area contributed by atoms with Gasteiger partial charge in [0.15, 0.2) is 6.54 Å². The summed E-state index contributed by atoms with van der Waals surface area (Å²) in [5.41, 5.74) is 3.61. The summed E-state index contributed by atoms with van der Waals surface area (Å²) in [5.74, 6) is 0. The first-order valence-corrected chi connectivity index (χ1v) is 7.14. The molecular formula is C20H18N+. The van der Waals surface area contributed by atoms with Crippen LogP contribution < -0.4 is 4.57 Å². The Kier molecular flexibility index (Phi) is 3.92. The van der Waals surface area contributed by atoms with Gasteiger partial charge >= 0.3 is 0 Å². The molecule has 0 fully saturated rings. The van der Waals surface area contributed by atoms with Gasteiger partial charge in [-0.3, -0.25) is 0 Å². The van der Waals surface area contributed by atoms with Crippen LogP contribution in [0.2, 0.25) is 0 Å². The van der Waals surface area contributed by atoms with Gasteiger partial charge in [0.25, 0.3) is 0 Å². The lowest BCUT2D eigenvalue weighted by Crippen LogP contribution is -2.37. The first kappa shape index (κ1) is 13.3. The minimum atomic E-state index is 0.801. The smallest absolute Gasteiger partial charge is 0.188 e. The van der Waals surface area contributed by atoms with Gasteiger partial charge in [-0.05, 0) is 29.8 Å². The molecule has 1 aromatic heterocycles. The largest absolute Gasteiger partial charge is 0.213 e. The van der Waals surface area contributed by atoms with E-state index in [4.69, 9.17) is 0 Å². The average molecular weight is 272 g/mol. The predicted octanol–water partition coefficient (Wildman–Crippen LogP) is 4.48. The van der Waals surface area contributed by atoms with Crippen molar-refractivity contribution in [2.45, 2.75) is 6.54 Å². The summed E-state index contributed by atoms with van der Waals surface area (Å²) >= 11 is 0. The molecule has 0 atom stereocenters. The van der Waals surface area contributed by atoms with Gasteiger partial charge in [0.05, 0.1) is 0 Å². The Morgan fingerprint density at radius 3 is 2.38 bits per heavy atom.